The van der Waals surface area contributed by atoms with Crippen molar-refractivity contribution in [2.45, 2.75) is 6.61 Å². The second-order valence-electron chi connectivity index (χ2n) is 6.47. The molecule has 0 fully saturated rings. The number of benzene rings is 3. The Morgan fingerprint density at radius 1 is 1.06 bits per heavy atom. The Labute approximate surface area is 198 Å². The standard InChI is InChI=1S/C23H19BrClN3O4/c1-31-20-11-16(10-19(24)21(20)32-14-15-6-3-2-4-7-15)13-26-28-23(30)22(29)27-18-9-5-8-17(25)12-18/h2-13H,14H2,1H3,(H,27,29)(H,28,30). The third-order valence-corrected chi connectivity index (χ3v) is 4.97. The molecule has 7 nitrogen and oxygen atoms in total. The summed E-state index contributed by atoms with van der Waals surface area (Å²) in [7, 11) is 1.53. The number of nitrogens with one attached hydrogen (secondary N) is 2. The molecular weight excluding hydrogens is 498 g/mol. The molecule has 0 aromatic heterocycles. The Balaban J connectivity index is 1.61. The highest BCUT2D eigenvalue weighted by molar-refractivity contribution is 9.10. The lowest BCUT2D eigenvalue weighted by atomic mass is 10.2. The molecule has 0 aliphatic carbocycles. The van der Waals surface area contributed by atoms with Gasteiger partial charge in [0.2, 0.25) is 0 Å². The van der Waals surface area contributed by atoms with Crippen LogP contribution in [0.15, 0.2) is 76.3 Å². The van der Waals surface area contributed by atoms with Crippen LogP contribution in [0.5, 0.6) is 11.5 Å². The molecule has 2 amide bonds. The zero-order valence-electron chi connectivity index (χ0n) is 17.0. The number of hydrogen-bond acceptors (Lipinski definition) is 5. The van der Waals surface area contributed by atoms with E-state index in [0.29, 0.717) is 38.9 Å². The summed E-state index contributed by atoms with van der Waals surface area (Å²) in [4.78, 5) is 23.9. The monoisotopic (exact) mass is 515 g/mol. The molecule has 0 spiro atoms. The highest BCUT2D eigenvalue weighted by Gasteiger charge is 2.14. The third-order valence-electron chi connectivity index (χ3n) is 4.15. The van der Waals surface area contributed by atoms with Crippen molar-refractivity contribution in [2.75, 3.05) is 12.4 Å². The lowest BCUT2D eigenvalue weighted by Crippen LogP contribution is -2.32. The Hall–Kier alpha value is -3.36. The highest BCUT2D eigenvalue weighted by atomic mass is 79.9. The number of hydrogen-bond donors (Lipinski definition) is 2. The van der Waals surface area contributed by atoms with Crippen molar-refractivity contribution in [1.82, 2.24) is 5.43 Å². The van der Waals surface area contributed by atoms with Gasteiger partial charge in [-0.15, -0.1) is 0 Å². The van der Waals surface area contributed by atoms with Gasteiger partial charge < -0.3 is 14.8 Å². The number of amides is 2. The van der Waals surface area contributed by atoms with Crippen molar-refractivity contribution < 1.29 is 19.1 Å². The van der Waals surface area contributed by atoms with Gasteiger partial charge in [0.25, 0.3) is 0 Å². The first kappa shape index (κ1) is 23.3. The SMILES string of the molecule is COc1cc(C=NNC(=O)C(=O)Nc2cccc(Cl)c2)cc(Br)c1OCc1ccccc1. The molecule has 0 saturated carbocycles. The molecule has 0 radical (unpaired) electrons. The molecule has 0 aliphatic rings. The molecule has 0 bridgehead atoms. The Morgan fingerprint density at radius 3 is 2.56 bits per heavy atom. The molecule has 3 rings (SSSR count). The van der Waals surface area contributed by atoms with Crippen LogP contribution in [0.3, 0.4) is 0 Å². The maximum Gasteiger partial charge on any atom is 0.329 e. The summed E-state index contributed by atoms with van der Waals surface area (Å²) in [6.07, 6.45) is 1.39. The zero-order chi connectivity index (χ0) is 22.9. The lowest BCUT2D eigenvalue weighted by Gasteiger charge is -2.13. The molecule has 164 valence electrons. The van der Waals surface area contributed by atoms with Gasteiger partial charge in [0, 0.05) is 10.7 Å². The third kappa shape index (κ3) is 6.57. The van der Waals surface area contributed by atoms with Gasteiger partial charge >= 0.3 is 11.8 Å². The van der Waals surface area contributed by atoms with Crippen LogP contribution >= 0.6 is 27.5 Å². The first-order valence-corrected chi connectivity index (χ1v) is 10.6. The van der Waals surface area contributed by atoms with Gasteiger partial charge in [0.15, 0.2) is 11.5 Å². The molecule has 32 heavy (non-hydrogen) atoms. The number of halogens is 2. The maximum atomic E-state index is 12.0. The molecule has 3 aromatic carbocycles. The van der Waals surface area contributed by atoms with Gasteiger partial charge in [-0.25, -0.2) is 5.43 Å². The summed E-state index contributed by atoms with van der Waals surface area (Å²) >= 11 is 9.33. The van der Waals surface area contributed by atoms with Crippen LogP contribution < -0.4 is 20.2 Å². The fraction of sp³-hybridized carbons (Fsp3) is 0.0870. The predicted molar refractivity (Wildman–Crippen MR) is 127 cm³/mol. The van der Waals surface area contributed by atoms with Crippen LogP contribution in [0.1, 0.15) is 11.1 Å². The van der Waals surface area contributed by atoms with E-state index in [1.807, 2.05) is 30.3 Å². The van der Waals surface area contributed by atoms with Gasteiger partial charge in [-0.3, -0.25) is 9.59 Å². The van der Waals surface area contributed by atoms with Crippen molar-refractivity contribution in [3.63, 3.8) is 0 Å². The van der Waals surface area contributed by atoms with Crippen LogP contribution in [0.2, 0.25) is 5.02 Å². The van der Waals surface area contributed by atoms with Crippen LogP contribution in [0.25, 0.3) is 0 Å². The average molecular weight is 517 g/mol. The maximum absolute atomic E-state index is 12.0. The fourth-order valence-corrected chi connectivity index (χ4v) is 3.42. The van der Waals surface area contributed by atoms with Crippen LogP contribution in [-0.2, 0) is 16.2 Å². The van der Waals surface area contributed by atoms with Gasteiger partial charge in [-0.2, -0.15) is 5.10 Å². The van der Waals surface area contributed by atoms with E-state index < -0.39 is 11.8 Å². The minimum Gasteiger partial charge on any atom is -0.493 e. The van der Waals surface area contributed by atoms with E-state index >= 15 is 0 Å². The van der Waals surface area contributed by atoms with Gasteiger partial charge in [-0.1, -0.05) is 48.0 Å². The minimum absolute atomic E-state index is 0.376. The van der Waals surface area contributed by atoms with Crippen LogP contribution in [0.4, 0.5) is 5.69 Å². The van der Waals surface area contributed by atoms with Crippen molar-refractivity contribution in [2.24, 2.45) is 5.10 Å². The summed E-state index contributed by atoms with van der Waals surface area (Å²) in [5, 5.41) is 6.71. The zero-order valence-corrected chi connectivity index (χ0v) is 19.3. The normalized spacial score (nSPS) is 10.6. The Morgan fingerprint density at radius 2 is 1.84 bits per heavy atom. The highest BCUT2D eigenvalue weighted by Crippen LogP contribution is 2.36. The van der Waals surface area contributed by atoms with Gasteiger partial charge in [-0.05, 0) is 57.4 Å². The van der Waals surface area contributed by atoms with E-state index in [4.69, 9.17) is 21.1 Å². The Bertz CT molecular complexity index is 1140. The number of ether oxygens (including phenoxy) is 2. The second-order valence-corrected chi connectivity index (χ2v) is 7.76. The van der Waals surface area contributed by atoms with Crippen molar-refractivity contribution in [3.8, 4) is 11.5 Å². The molecular formula is C23H19BrClN3O4. The number of rotatable bonds is 7. The molecule has 2 N–H and O–H groups in total. The molecule has 0 heterocycles. The molecule has 0 aliphatic heterocycles. The minimum atomic E-state index is -0.921. The summed E-state index contributed by atoms with van der Waals surface area (Å²) < 4.78 is 12.0. The topological polar surface area (TPSA) is 89.0 Å². The Kier molecular flexibility index (Phi) is 8.24. The van der Waals surface area contributed by atoms with Crippen molar-refractivity contribution in [3.05, 3.63) is 87.4 Å². The number of anilines is 1. The van der Waals surface area contributed by atoms with Crippen molar-refractivity contribution >= 4 is 51.2 Å². The number of carbonyl (C=O) groups is 2. The largest absolute Gasteiger partial charge is 0.493 e. The van der Waals surface area contributed by atoms with E-state index in [2.05, 4.69) is 31.8 Å². The number of hydrazone groups is 1. The molecule has 3 aromatic rings. The van der Waals surface area contributed by atoms with Gasteiger partial charge in [0.05, 0.1) is 17.8 Å². The lowest BCUT2D eigenvalue weighted by molar-refractivity contribution is -0.136. The number of nitrogens with zero attached hydrogens (tertiary/aromatic N) is 1. The number of methoxy groups -OCH3 is 1. The quantitative estimate of drug-likeness (QED) is 0.269. The molecule has 0 saturated heterocycles. The average Bonchev–Trinajstić information content (AvgIpc) is 2.78. The molecule has 0 atom stereocenters. The van der Waals surface area contributed by atoms with E-state index in [0.717, 1.165) is 5.56 Å². The van der Waals surface area contributed by atoms with Crippen LogP contribution in [-0.4, -0.2) is 25.1 Å². The summed E-state index contributed by atoms with van der Waals surface area (Å²) in [6.45, 7) is 0.376. The van der Waals surface area contributed by atoms with E-state index in [9.17, 15) is 9.59 Å². The first-order chi connectivity index (χ1) is 15.5. The predicted octanol–water partition coefficient (Wildman–Crippen LogP) is 4.78. The summed E-state index contributed by atoms with van der Waals surface area (Å²) in [5.74, 6) is -0.761. The fourth-order valence-electron chi connectivity index (χ4n) is 2.65. The summed E-state index contributed by atoms with van der Waals surface area (Å²) in [6, 6.07) is 19.7. The molecule has 9 heteroatoms. The van der Waals surface area contributed by atoms with E-state index in [-0.39, 0.29) is 0 Å². The van der Waals surface area contributed by atoms with E-state index in [1.54, 1.807) is 30.3 Å². The van der Waals surface area contributed by atoms with E-state index in [1.165, 1.54) is 19.4 Å². The first-order valence-electron chi connectivity index (χ1n) is 9.40. The summed E-state index contributed by atoms with van der Waals surface area (Å²) in [5.41, 5.74) is 4.23. The van der Waals surface area contributed by atoms with Crippen LogP contribution in [0, 0.1) is 0 Å². The van der Waals surface area contributed by atoms with Crippen molar-refractivity contribution in [1.29, 1.82) is 0 Å². The van der Waals surface area contributed by atoms with Gasteiger partial charge in [0.1, 0.15) is 6.61 Å². The second kappa shape index (κ2) is 11.3. The smallest absolute Gasteiger partial charge is 0.329 e. The number of carbonyl (C=O) groups excluding carboxylic acids is 2. The molecule has 0 unspecified atom stereocenters.